The lowest BCUT2D eigenvalue weighted by Crippen LogP contribution is -2.23. The maximum Gasteiger partial charge on any atom is 0.316 e. The Hall–Kier alpha value is -4.17. The number of carboxylic acids is 1. The van der Waals surface area contributed by atoms with Gasteiger partial charge in [0.25, 0.3) is 10.0 Å². The predicted molar refractivity (Wildman–Crippen MR) is 158 cm³/mol. The first-order valence-electron chi connectivity index (χ1n) is 12.7. The van der Waals surface area contributed by atoms with E-state index in [1.54, 1.807) is 55.8 Å². The van der Waals surface area contributed by atoms with Gasteiger partial charge in [-0.15, -0.1) is 5.10 Å². The summed E-state index contributed by atoms with van der Waals surface area (Å²) in [7, 11) is -2.46. The van der Waals surface area contributed by atoms with Crippen molar-refractivity contribution in [3.8, 4) is 28.8 Å². The molecule has 4 rings (SSSR count). The van der Waals surface area contributed by atoms with Crippen molar-refractivity contribution in [2.75, 3.05) is 17.9 Å². The maximum absolute atomic E-state index is 13.4. The number of rotatable bonds is 12. The Kier molecular flexibility index (Phi) is 9.36. The smallest absolute Gasteiger partial charge is 0.316 e. The summed E-state index contributed by atoms with van der Waals surface area (Å²) in [4.78, 5) is 19.3. The summed E-state index contributed by atoms with van der Waals surface area (Å²) in [5, 5.41) is 13.5. The highest BCUT2D eigenvalue weighted by atomic mass is 79.9. The number of carbonyl (C=O) groups is 1. The molecule has 0 amide bonds. The summed E-state index contributed by atoms with van der Waals surface area (Å²) in [6.07, 6.45) is 2.95. The molecule has 0 bridgehead atoms. The van der Waals surface area contributed by atoms with E-state index in [2.05, 4.69) is 35.7 Å². The number of hydrogen-bond acceptors (Lipinski definition) is 9. The first-order valence-corrected chi connectivity index (χ1v) is 15.0. The minimum absolute atomic E-state index is 0.0260. The highest BCUT2D eigenvalue weighted by Crippen LogP contribution is 2.38. The molecule has 14 heteroatoms. The molecule has 222 valence electrons. The topological polar surface area (TPSA) is 155 Å². The lowest BCUT2D eigenvalue weighted by Gasteiger charge is -2.21. The van der Waals surface area contributed by atoms with Crippen molar-refractivity contribution in [1.82, 2.24) is 19.7 Å². The standard InChI is InChI=1S/C28H30BrN5O7S/c1-28(2,3)41-21-9-11-22(12-10-21)42(37,38)33-25-24(19-7-5-18(6-8-19)15-23(35)36)26(32-34(25)4)39-13-14-40-27-30-16-20(29)17-31-27/h5-12,16-17,33H,13-15H2,1-4H3,(H,35,36). The molecule has 2 N–H and O–H groups in total. The molecule has 0 unspecified atom stereocenters. The number of sulfonamides is 1. The van der Waals surface area contributed by atoms with Crippen LogP contribution in [0.2, 0.25) is 0 Å². The summed E-state index contributed by atoms with van der Waals surface area (Å²) in [5.41, 5.74) is 1.08. The number of carboxylic acid groups (broad SMARTS) is 1. The largest absolute Gasteiger partial charge is 0.488 e. The molecule has 0 spiro atoms. The molecule has 0 aliphatic rings. The first kappa shape index (κ1) is 30.8. The Morgan fingerprint density at radius 2 is 1.62 bits per heavy atom. The third kappa shape index (κ3) is 8.19. The molecule has 12 nitrogen and oxygen atoms in total. The van der Waals surface area contributed by atoms with E-state index in [4.69, 9.17) is 19.3 Å². The fraction of sp³-hybridized carbons (Fsp3) is 0.286. The summed E-state index contributed by atoms with van der Waals surface area (Å²) < 4.78 is 48.8. The molecule has 2 aromatic heterocycles. The second kappa shape index (κ2) is 12.8. The molecule has 0 saturated carbocycles. The van der Waals surface area contributed by atoms with Gasteiger partial charge in [0.15, 0.2) is 0 Å². The highest BCUT2D eigenvalue weighted by Gasteiger charge is 2.25. The predicted octanol–water partition coefficient (Wildman–Crippen LogP) is 4.70. The molecule has 0 fully saturated rings. The van der Waals surface area contributed by atoms with Crippen molar-refractivity contribution >= 4 is 37.7 Å². The number of halogens is 1. The Morgan fingerprint density at radius 3 is 2.21 bits per heavy atom. The molecular weight excluding hydrogens is 630 g/mol. The zero-order valence-corrected chi connectivity index (χ0v) is 25.8. The average Bonchev–Trinajstić information content (AvgIpc) is 3.21. The quantitative estimate of drug-likeness (QED) is 0.204. The van der Waals surface area contributed by atoms with Gasteiger partial charge in [0.05, 0.1) is 21.4 Å². The van der Waals surface area contributed by atoms with E-state index < -0.39 is 21.6 Å². The third-order valence-corrected chi connectivity index (χ3v) is 7.32. The van der Waals surface area contributed by atoms with Crippen molar-refractivity contribution in [3.63, 3.8) is 0 Å². The van der Waals surface area contributed by atoms with Crippen molar-refractivity contribution < 1.29 is 32.5 Å². The van der Waals surface area contributed by atoms with Gasteiger partial charge in [-0.3, -0.25) is 9.52 Å². The number of aromatic nitrogens is 4. The zero-order valence-electron chi connectivity index (χ0n) is 23.4. The van der Waals surface area contributed by atoms with Gasteiger partial charge in [-0.1, -0.05) is 24.3 Å². The van der Waals surface area contributed by atoms with Crippen LogP contribution in [0.3, 0.4) is 0 Å². The van der Waals surface area contributed by atoms with E-state index in [-0.39, 0.29) is 42.2 Å². The summed E-state index contributed by atoms with van der Waals surface area (Å²) >= 11 is 3.26. The van der Waals surface area contributed by atoms with E-state index in [0.717, 1.165) is 0 Å². The van der Waals surface area contributed by atoms with Gasteiger partial charge in [-0.25, -0.2) is 23.1 Å². The molecule has 4 aromatic rings. The molecule has 42 heavy (non-hydrogen) atoms. The SMILES string of the molecule is Cn1nc(OCCOc2ncc(Br)cn2)c(-c2ccc(CC(=O)O)cc2)c1NS(=O)(=O)c1ccc(OC(C)(C)C)cc1. The van der Waals surface area contributed by atoms with Gasteiger partial charge < -0.3 is 19.3 Å². The minimum atomic E-state index is -4.05. The normalized spacial score (nSPS) is 11.6. The van der Waals surface area contributed by atoms with Gasteiger partial charge in [0.1, 0.15) is 30.4 Å². The van der Waals surface area contributed by atoms with Gasteiger partial charge >= 0.3 is 12.0 Å². The molecule has 0 aliphatic carbocycles. The molecule has 0 saturated heterocycles. The highest BCUT2D eigenvalue weighted by molar-refractivity contribution is 9.10. The monoisotopic (exact) mass is 659 g/mol. The third-order valence-electron chi connectivity index (χ3n) is 5.55. The lowest BCUT2D eigenvalue weighted by molar-refractivity contribution is -0.136. The van der Waals surface area contributed by atoms with Gasteiger partial charge in [0, 0.05) is 19.4 Å². The van der Waals surface area contributed by atoms with Crippen LogP contribution in [0.1, 0.15) is 26.3 Å². The zero-order chi connectivity index (χ0) is 30.5. The molecule has 0 atom stereocenters. The number of nitrogens with zero attached hydrogens (tertiary/aromatic N) is 4. The average molecular weight is 661 g/mol. The van der Waals surface area contributed by atoms with Crippen LogP contribution in [0.4, 0.5) is 5.82 Å². The van der Waals surface area contributed by atoms with E-state index in [1.807, 2.05) is 20.8 Å². The number of benzene rings is 2. The van der Waals surface area contributed by atoms with Crippen molar-refractivity contribution in [2.45, 2.75) is 37.7 Å². The van der Waals surface area contributed by atoms with Crippen LogP contribution in [0.15, 0.2) is 70.3 Å². The summed E-state index contributed by atoms with van der Waals surface area (Å²) in [6, 6.07) is 12.9. The molecular formula is C28H30BrN5O7S. The Morgan fingerprint density at radius 1 is 1.00 bits per heavy atom. The Labute approximate surface area is 251 Å². The van der Waals surface area contributed by atoms with Gasteiger partial charge in [-0.05, 0) is 72.1 Å². The molecule has 0 radical (unpaired) electrons. The van der Waals surface area contributed by atoms with Crippen LogP contribution in [0.25, 0.3) is 11.1 Å². The summed E-state index contributed by atoms with van der Waals surface area (Å²) in [5.74, 6) is -0.121. The number of aliphatic carboxylic acids is 1. The fourth-order valence-electron chi connectivity index (χ4n) is 3.81. The summed E-state index contributed by atoms with van der Waals surface area (Å²) in [6.45, 7) is 5.86. The van der Waals surface area contributed by atoms with Crippen LogP contribution in [-0.4, -0.2) is 58.1 Å². The van der Waals surface area contributed by atoms with Crippen LogP contribution in [0, 0.1) is 0 Å². The van der Waals surface area contributed by atoms with Crippen LogP contribution >= 0.6 is 15.9 Å². The number of nitrogens with one attached hydrogen (secondary N) is 1. The van der Waals surface area contributed by atoms with Gasteiger partial charge in [-0.2, -0.15) is 0 Å². The van der Waals surface area contributed by atoms with E-state index in [1.165, 1.54) is 16.8 Å². The van der Waals surface area contributed by atoms with E-state index >= 15 is 0 Å². The van der Waals surface area contributed by atoms with Crippen LogP contribution < -0.4 is 18.9 Å². The minimum Gasteiger partial charge on any atom is -0.488 e. The maximum atomic E-state index is 13.4. The molecule has 0 aliphatic heterocycles. The van der Waals surface area contributed by atoms with Crippen molar-refractivity contribution in [3.05, 3.63) is 71.0 Å². The van der Waals surface area contributed by atoms with E-state index in [0.29, 0.717) is 26.9 Å². The Balaban J connectivity index is 1.61. The van der Waals surface area contributed by atoms with Crippen molar-refractivity contribution in [1.29, 1.82) is 0 Å². The van der Waals surface area contributed by atoms with Gasteiger partial charge in [0.2, 0.25) is 5.88 Å². The van der Waals surface area contributed by atoms with E-state index in [9.17, 15) is 13.2 Å². The second-order valence-corrected chi connectivity index (χ2v) is 12.7. The van der Waals surface area contributed by atoms with Crippen molar-refractivity contribution in [2.24, 2.45) is 7.05 Å². The van der Waals surface area contributed by atoms with Crippen LogP contribution in [-0.2, 0) is 28.3 Å². The van der Waals surface area contributed by atoms with Crippen LogP contribution in [0.5, 0.6) is 17.6 Å². The number of anilines is 1. The molecule has 2 heterocycles. The first-order chi connectivity index (χ1) is 19.8. The second-order valence-electron chi connectivity index (χ2n) is 10.1. The fourth-order valence-corrected chi connectivity index (χ4v) is 5.12. The Bertz CT molecular complexity index is 1630. The number of ether oxygens (including phenoxy) is 3. The number of aryl methyl sites for hydroxylation is 1. The number of hydrogen-bond donors (Lipinski definition) is 2. The molecule has 2 aromatic carbocycles. The lowest BCUT2D eigenvalue weighted by atomic mass is 10.0.